The molecular weight excluding hydrogens is 514 g/mol. The lowest BCUT2D eigenvalue weighted by atomic mass is 9.43. The standard InChI is InChI=1S/C32H44F2N2O4/c1-29(38)13-14-32(19-39-4)21(16-29)5-7-23-24-8-9-26(30(24,2)12-11-25(23)32)28(37)18-36-17-20-15-22(40-31(3,33)34)6-10-27(20)35-36/h6,10,15,17,21,23-26,38H,5,7-9,11-14,16,18-19H2,1-4H3/t21-,23+,24+,25+,26-,29-,30+,32-/m1/s1. The second-order valence-electron chi connectivity index (χ2n) is 14.1. The van der Waals surface area contributed by atoms with Crippen LogP contribution in [0.5, 0.6) is 5.75 Å². The summed E-state index contributed by atoms with van der Waals surface area (Å²) in [5.41, 5.74) is 0.209. The summed E-state index contributed by atoms with van der Waals surface area (Å²) in [5.74, 6) is 2.55. The van der Waals surface area contributed by atoms with E-state index in [4.69, 9.17) is 9.47 Å². The van der Waals surface area contributed by atoms with E-state index in [1.165, 1.54) is 12.5 Å². The third-order valence-electron chi connectivity index (χ3n) is 11.6. The van der Waals surface area contributed by atoms with Crippen LogP contribution in [0.4, 0.5) is 8.78 Å². The zero-order valence-electron chi connectivity index (χ0n) is 24.3. The van der Waals surface area contributed by atoms with Crippen molar-refractivity contribution in [2.24, 2.45) is 40.4 Å². The summed E-state index contributed by atoms with van der Waals surface area (Å²) < 4.78 is 38.9. The molecule has 8 atom stereocenters. The number of ketones is 1. The van der Waals surface area contributed by atoms with Crippen molar-refractivity contribution in [2.45, 2.75) is 96.8 Å². The molecule has 6 nitrogen and oxygen atoms in total. The lowest BCUT2D eigenvalue weighted by Gasteiger charge is -2.62. The van der Waals surface area contributed by atoms with Crippen LogP contribution < -0.4 is 4.74 Å². The van der Waals surface area contributed by atoms with Gasteiger partial charge in [0, 0.05) is 31.5 Å². The number of alkyl halides is 2. The van der Waals surface area contributed by atoms with Crippen LogP contribution in [0.3, 0.4) is 0 Å². The number of carbonyl (C=O) groups excluding carboxylic acids is 1. The molecule has 0 amide bonds. The van der Waals surface area contributed by atoms with Crippen LogP contribution in [-0.2, 0) is 16.1 Å². The van der Waals surface area contributed by atoms with Crippen molar-refractivity contribution in [3.05, 3.63) is 24.4 Å². The second kappa shape index (κ2) is 9.75. The van der Waals surface area contributed by atoms with Gasteiger partial charge in [-0.2, -0.15) is 13.9 Å². The largest absolute Gasteiger partial charge is 0.433 e. The molecule has 4 saturated carbocycles. The molecule has 1 aromatic heterocycles. The van der Waals surface area contributed by atoms with Gasteiger partial charge in [0.1, 0.15) is 5.75 Å². The first-order valence-electron chi connectivity index (χ1n) is 15.1. The van der Waals surface area contributed by atoms with Crippen molar-refractivity contribution < 1.29 is 28.2 Å². The van der Waals surface area contributed by atoms with Crippen molar-refractivity contribution in [1.82, 2.24) is 9.78 Å². The lowest BCUT2D eigenvalue weighted by molar-refractivity contribution is -0.175. The monoisotopic (exact) mass is 558 g/mol. The minimum atomic E-state index is -3.26. The van der Waals surface area contributed by atoms with Gasteiger partial charge < -0.3 is 14.6 Å². The van der Waals surface area contributed by atoms with Crippen molar-refractivity contribution in [3.8, 4) is 5.75 Å². The van der Waals surface area contributed by atoms with Gasteiger partial charge in [0.25, 0.3) is 0 Å². The molecule has 0 saturated heterocycles. The Balaban J connectivity index is 1.19. The molecule has 40 heavy (non-hydrogen) atoms. The van der Waals surface area contributed by atoms with E-state index in [0.717, 1.165) is 58.0 Å². The summed E-state index contributed by atoms with van der Waals surface area (Å²) >= 11 is 0. The van der Waals surface area contributed by atoms with E-state index in [2.05, 4.69) is 12.0 Å². The number of benzene rings is 1. The highest BCUT2D eigenvalue weighted by molar-refractivity contribution is 5.84. The highest BCUT2D eigenvalue weighted by atomic mass is 19.3. The summed E-state index contributed by atoms with van der Waals surface area (Å²) in [4.78, 5) is 13.8. The van der Waals surface area contributed by atoms with Gasteiger partial charge in [0.15, 0.2) is 5.78 Å². The van der Waals surface area contributed by atoms with E-state index in [1.807, 2.05) is 14.0 Å². The Morgan fingerprint density at radius 3 is 2.67 bits per heavy atom. The molecule has 0 radical (unpaired) electrons. The topological polar surface area (TPSA) is 73.6 Å². The SMILES string of the molecule is COC[C@]12CC[C@@](C)(O)C[C@H]1CC[C@H]1[C@@H]3CC[C@H](C(=O)Cn4cc5cc(OC(C)(F)F)ccc5n4)[C@@]3(C)CC[C@@H]12. The molecule has 6 rings (SSSR count). The second-order valence-corrected chi connectivity index (χ2v) is 14.1. The Labute approximate surface area is 235 Å². The summed E-state index contributed by atoms with van der Waals surface area (Å²) in [6.07, 6.45) is 7.75. The van der Waals surface area contributed by atoms with Crippen molar-refractivity contribution in [2.75, 3.05) is 13.7 Å². The fourth-order valence-corrected chi connectivity index (χ4v) is 9.99. The van der Waals surface area contributed by atoms with Crippen LogP contribution in [0, 0.1) is 40.4 Å². The van der Waals surface area contributed by atoms with E-state index in [0.29, 0.717) is 41.5 Å². The van der Waals surface area contributed by atoms with Gasteiger partial charge in [-0.15, -0.1) is 0 Å². The minimum absolute atomic E-state index is 0.00614. The number of hydrogen-bond acceptors (Lipinski definition) is 5. The fraction of sp³-hybridized carbons (Fsp3) is 0.750. The van der Waals surface area contributed by atoms with Crippen LogP contribution in [0.25, 0.3) is 10.9 Å². The molecular formula is C32H44F2N2O4. The number of aliphatic hydroxyl groups is 1. The molecule has 0 bridgehead atoms. The Bertz CT molecular complexity index is 1270. The Morgan fingerprint density at radius 1 is 1.12 bits per heavy atom. The van der Waals surface area contributed by atoms with E-state index >= 15 is 0 Å². The van der Waals surface area contributed by atoms with Crippen LogP contribution in [-0.4, -0.2) is 46.1 Å². The van der Waals surface area contributed by atoms with Gasteiger partial charge in [-0.3, -0.25) is 9.48 Å². The summed E-state index contributed by atoms with van der Waals surface area (Å²) in [5, 5.41) is 16.1. The number of Topliss-reactive ketones (excluding diaryl/α,β-unsaturated/α-hetero) is 1. The molecule has 0 aliphatic heterocycles. The third-order valence-corrected chi connectivity index (χ3v) is 11.6. The van der Waals surface area contributed by atoms with Gasteiger partial charge in [-0.1, -0.05) is 6.92 Å². The number of methoxy groups -OCH3 is 1. The molecule has 2 aromatic rings. The van der Waals surface area contributed by atoms with E-state index in [1.54, 1.807) is 23.0 Å². The average Bonchev–Trinajstić information content (AvgIpc) is 3.42. The first-order valence-corrected chi connectivity index (χ1v) is 15.1. The highest BCUT2D eigenvalue weighted by Gasteiger charge is 2.63. The molecule has 4 fully saturated rings. The molecule has 220 valence electrons. The normalized spacial score (nSPS) is 39.4. The highest BCUT2D eigenvalue weighted by Crippen LogP contribution is 2.68. The zero-order chi connectivity index (χ0) is 28.5. The molecule has 4 aliphatic carbocycles. The predicted octanol–water partition coefficient (Wildman–Crippen LogP) is 6.63. The summed E-state index contributed by atoms with van der Waals surface area (Å²) in [6, 6.07) is 4.69. The van der Waals surface area contributed by atoms with Crippen molar-refractivity contribution in [3.63, 3.8) is 0 Å². The maximum atomic E-state index is 13.8. The van der Waals surface area contributed by atoms with Crippen LogP contribution in [0.1, 0.15) is 78.6 Å². The van der Waals surface area contributed by atoms with Gasteiger partial charge in [-0.25, -0.2) is 0 Å². The van der Waals surface area contributed by atoms with Gasteiger partial charge in [0.2, 0.25) is 0 Å². The number of carbonyl (C=O) groups is 1. The first-order chi connectivity index (χ1) is 18.8. The maximum Gasteiger partial charge on any atom is 0.394 e. The van der Waals surface area contributed by atoms with Crippen LogP contribution in [0.15, 0.2) is 24.4 Å². The molecule has 1 N–H and O–H groups in total. The third kappa shape index (κ3) is 4.77. The van der Waals surface area contributed by atoms with Crippen LogP contribution in [0.2, 0.25) is 0 Å². The van der Waals surface area contributed by atoms with Crippen LogP contribution >= 0.6 is 0 Å². The number of ether oxygens (including phenoxy) is 2. The Hall–Kier alpha value is -2.06. The van der Waals surface area contributed by atoms with E-state index in [-0.39, 0.29) is 34.8 Å². The van der Waals surface area contributed by atoms with Gasteiger partial charge >= 0.3 is 6.11 Å². The number of rotatable bonds is 7. The Kier molecular flexibility index (Phi) is 6.85. The zero-order valence-corrected chi connectivity index (χ0v) is 24.3. The number of halogens is 2. The quantitative estimate of drug-likeness (QED) is 0.413. The molecule has 8 heteroatoms. The fourth-order valence-electron chi connectivity index (χ4n) is 9.99. The molecule has 1 heterocycles. The van der Waals surface area contributed by atoms with E-state index < -0.39 is 11.7 Å². The average molecular weight is 559 g/mol. The molecule has 4 aliphatic rings. The smallest absolute Gasteiger partial charge is 0.394 e. The number of hydrogen-bond donors (Lipinski definition) is 1. The maximum absolute atomic E-state index is 13.8. The van der Waals surface area contributed by atoms with Crippen molar-refractivity contribution >= 4 is 16.7 Å². The number of fused-ring (bicyclic) bond motifs is 6. The summed E-state index contributed by atoms with van der Waals surface area (Å²) in [6.45, 7) is 6.04. The molecule has 1 aromatic carbocycles. The molecule has 0 spiro atoms. The molecule has 0 unspecified atom stereocenters. The van der Waals surface area contributed by atoms with E-state index in [9.17, 15) is 18.7 Å². The van der Waals surface area contributed by atoms with Gasteiger partial charge in [-0.05, 0) is 117 Å². The number of aromatic nitrogens is 2. The summed E-state index contributed by atoms with van der Waals surface area (Å²) in [7, 11) is 1.82. The van der Waals surface area contributed by atoms with Gasteiger partial charge in [0.05, 0.1) is 24.3 Å². The van der Waals surface area contributed by atoms with Crippen molar-refractivity contribution in [1.29, 1.82) is 0 Å². The number of nitrogens with zero attached hydrogens (tertiary/aromatic N) is 2. The minimum Gasteiger partial charge on any atom is -0.433 e. The lowest BCUT2D eigenvalue weighted by Crippen LogP contribution is -2.58. The Morgan fingerprint density at radius 2 is 1.93 bits per heavy atom. The first kappa shape index (κ1) is 28.1. The predicted molar refractivity (Wildman–Crippen MR) is 148 cm³/mol.